The predicted molar refractivity (Wildman–Crippen MR) is 111 cm³/mol. The van der Waals surface area contributed by atoms with Crippen molar-refractivity contribution in [2.75, 3.05) is 6.61 Å². The summed E-state index contributed by atoms with van der Waals surface area (Å²) in [7, 11) is 0. The molecule has 0 saturated carbocycles. The van der Waals surface area contributed by atoms with Crippen molar-refractivity contribution in [3.8, 4) is 11.5 Å². The van der Waals surface area contributed by atoms with Crippen molar-refractivity contribution in [1.29, 1.82) is 0 Å². The first-order valence-electron chi connectivity index (χ1n) is 10.3. The lowest BCUT2D eigenvalue weighted by Gasteiger charge is -2.32. The highest BCUT2D eigenvalue weighted by molar-refractivity contribution is 5.52. The number of rotatable bonds is 9. The van der Waals surface area contributed by atoms with Gasteiger partial charge in [0.15, 0.2) is 0 Å². The molecule has 2 rings (SSSR count). The van der Waals surface area contributed by atoms with Gasteiger partial charge in [-0.15, -0.1) is 0 Å². The van der Waals surface area contributed by atoms with Gasteiger partial charge in [-0.1, -0.05) is 50.5 Å². The molecule has 0 saturated heterocycles. The maximum atomic E-state index is 10.9. The number of aromatic hydroxyl groups is 1. The number of phenols is 1. The monoisotopic (exact) mass is 356 g/mol. The average molecular weight is 357 g/mol. The summed E-state index contributed by atoms with van der Waals surface area (Å²) in [5, 5.41) is 10.9. The Labute approximate surface area is 160 Å². The van der Waals surface area contributed by atoms with Crippen LogP contribution in [-0.4, -0.2) is 11.7 Å². The van der Waals surface area contributed by atoms with Crippen LogP contribution in [-0.2, 0) is 6.42 Å². The van der Waals surface area contributed by atoms with Gasteiger partial charge in [0.1, 0.15) is 11.5 Å². The van der Waals surface area contributed by atoms with E-state index in [0.717, 1.165) is 43.4 Å². The van der Waals surface area contributed by atoms with Crippen molar-refractivity contribution in [3.63, 3.8) is 0 Å². The number of allylic oxidation sites excluding steroid dienone is 3. The van der Waals surface area contributed by atoms with E-state index in [1.54, 1.807) is 0 Å². The maximum absolute atomic E-state index is 10.9. The van der Waals surface area contributed by atoms with E-state index in [2.05, 4.69) is 46.4 Å². The van der Waals surface area contributed by atoms with Crippen LogP contribution in [0.2, 0.25) is 0 Å². The van der Waals surface area contributed by atoms with Gasteiger partial charge >= 0.3 is 0 Å². The number of phenolic OH excluding ortho intramolecular Hbond substituents is 1. The summed E-state index contributed by atoms with van der Waals surface area (Å²) >= 11 is 0. The van der Waals surface area contributed by atoms with Crippen LogP contribution in [0.25, 0.3) is 0 Å². The van der Waals surface area contributed by atoms with Crippen LogP contribution in [0.1, 0.15) is 83.3 Å². The van der Waals surface area contributed by atoms with Gasteiger partial charge in [0, 0.05) is 11.5 Å². The minimum absolute atomic E-state index is 0.151. The molecule has 2 unspecified atom stereocenters. The minimum atomic E-state index is 0.151. The molecule has 2 heteroatoms. The van der Waals surface area contributed by atoms with Crippen molar-refractivity contribution < 1.29 is 9.84 Å². The second kappa shape index (κ2) is 9.85. The first-order chi connectivity index (χ1) is 12.5. The fraction of sp³-hybridized carbons (Fsp3) is 0.583. The lowest BCUT2D eigenvalue weighted by atomic mass is 9.73. The maximum Gasteiger partial charge on any atom is 0.127 e. The molecule has 0 heterocycles. The fourth-order valence-corrected chi connectivity index (χ4v) is 3.96. The molecule has 0 fully saturated rings. The van der Waals surface area contributed by atoms with Crippen LogP contribution >= 0.6 is 0 Å². The summed E-state index contributed by atoms with van der Waals surface area (Å²) in [6.45, 7) is 13.5. The topological polar surface area (TPSA) is 29.5 Å². The van der Waals surface area contributed by atoms with Gasteiger partial charge in [0.05, 0.1) is 6.61 Å². The van der Waals surface area contributed by atoms with Gasteiger partial charge in [-0.05, 0) is 69.6 Å². The Hall–Kier alpha value is -1.70. The Morgan fingerprint density at radius 2 is 2.00 bits per heavy atom. The largest absolute Gasteiger partial charge is 0.507 e. The van der Waals surface area contributed by atoms with Gasteiger partial charge in [0.25, 0.3) is 0 Å². The highest BCUT2D eigenvalue weighted by Crippen LogP contribution is 2.47. The van der Waals surface area contributed by atoms with Crippen molar-refractivity contribution in [2.45, 2.75) is 78.6 Å². The molecule has 2 atom stereocenters. The molecule has 2 nitrogen and oxygen atoms in total. The molecule has 0 aliphatic heterocycles. The fourth-order valence-electron chi connectivity index (χ4n) is 3.96. The second-order valence-electron chi connectivity index (χ2n) is 7.86. The number of hydrogen-bond acceptors (Lipinski definition) is 2. The van der Waals surface area contributed by atoms with Crippen LogP contribution in [0.5, 0.6) is 11.5 Å². The molecule has 144 valence electrons. The highest BCUT2D eigenvalue weighted by atomic mass is 16.5. The Morgan fingerprint density at radius 1 is 1.23 bits per heavy atom. The highest BCUT2D eigenvalue weighted by Gasteiger charge is 2.30. The number of benzene rings is 1. The molecule has 1 aliphatic rings. The lowest BCUT2D eigenvalue weighted by molar-refractivity contribution is 0.306. The van der Waals surface area contributed by atoms with Gasteiger partial charge in [0.2, 0.25) is 0 Å². The van der Waals surface area contributed by atoms with Crippen molar-refractivity contribution in [3.05, 3.63) is 47.1 Å². The van der Waals surface area contributed by atoms with Crippen molar-refractivity contribution in [1.82, 2.24) is 0 Å². The SMILES string of the molecule is C=C(C)C1CCC(C)=CC1c1c(O)cc(CCCCC)cc1OCCC. The molecule has 0 bridgehead atoms. The van der Waals surface area contributed by atoms with Gasteiger partial charge < -0.3 is 9.84 Å². The zero-order chi connectivity index (χ0) is 19.1. The Kier molecular flexibility index (Phi) is 7.81. The average Bonchev–Trinajstić information content (AvgIpc) is 2.59. The van der Waals surface area contributed by atoms with Crippen LogP contribution in [0.15, 0.2) is 35.9 Å². The molecule has 0 aromatic heterocycles. The van der Waals surface area contributed by atoms with E-state index in [1.807, 2.05) is 6.07 Å². The molecule has 26 heavy (non-hydrogen) atoms. The first-order valence-corrected chi connectivity index (χ1v) is 10.3. The van der Waals surface area contributed by atoms with E-state index in [1.165, 1.54) is 29.6 Å². The molecule has 0 spiro atoms. The molecule has 1 aromatic carbocycles. The van der Waals surface area contributed by atoms with Crippen molar-refractivity contribution in [2.24, 2.45) is 5.92 Å². The summed E-state index contributed by atoms with van der Waals surface area (Å²) in [6, 6.07) is 4.12. The third kappa shape index (κ3) is 5.16. The number of hydrogen-bond donors (Lipinski definition) is 1. The first kappa shape index (κ1) is 20.6. The third-order valence-corrected chi connectivity index (χ3v) is 5.42. The van der Waals surface area contributed by atoms with Crippen LogP contribution in [0, 0.1) is 5.92 Å². The van der Waals surface area contributed by atoms with E-state index >= 15 is 0 Å². The minimum Gasteiger partial charge on any atom is -0.507 e. The zero-order valence-electron chi connectivity index (χ0n) is 17.1. The van der Waals surface area contributed by atoms with E-state index in [4.69, 9.17) is 4.74 Å². The number of unbranched alkanes of at least 4 members (excludes halogenated alkanes) is 2. The van der Waals surface area contributed by atoms with Gasteiger partial charge in [-0.3, -0.25) is 0 Å². The molecular formula is C24H36O2. The quantitative estimate of drug-likeness (QED) is 0.384. The third-order valence-electron chi connectivity index (χ3n) is 5.42. The smallest absolute Gasteiger partial charge is 0.127 e. The predicted octanol–water partition coefficient (Wildman–Crippen LogP) is 6.93. The summed E-state index contributed by atoms with van der Waals surface area (Å²) < 4.78 is 6.11. The van der Waals surface area contributed by atoms with Crippen LogP contribution < -0.4 is 4.74 Å². The molecule has 1 N–H and O–H groups in total. The Morgan fingerprint density at radius 3 is 2.65 bits per heavy atom. The second-order valence-corrected chi connectivity index (χ2v) is 7.86. The Balaban J connectivity index is 2.43. The van der Waals surface area contributed by atoms with Gasteiger partial charge in [-0.25, -0.2) is 0 Å². The summed E-state index contributed by atoms with van der Waals surface area (Å²) in [6.07, 6.45) is 10.0. The molecule has 1 aliphatic carbocycles. The normalized spacial score (nSPS) is 19.9. The standard InChI is InChI=1S/C24H36O2/c1-6-8-9-10-19-15-22(25)24(23(16-19)26-13-7-2)21-14-18(5)11-12-20(21)17(3)4/h14-16,20-21,25H,3,6-13H2,1-2,4-5H3. The molecular weight excluding hydrogens is 320 g/mol. The lowest BCUT2D eigenvalue weighted by Crippen LogP contribution is -2.18. The van der Waals surface area contributed by atoms with Crippen LogP contribution in [0.3, 0.4) is 0 Å². The van der Waals surface area contributed by atoms with Crippen LogP contribution in [0.4, 0.5) is 0 Å². The van der Waals surface area contributed by atoms with Crippen molar-refractivity contribution >= 4 is 0 Å². The number of ether oxygens (including phenoxy) is 1. The summed E-state index contributed by atoms with van der Waals surface area (Å²) in [5.41, 5.74) is 4.70. The van der Waals surface area contributed by atoms with E-state index in [9.17, 15) is 5.11 Å². The summed E-state index contributed by atoms with van der Waals surface area (Å²) in [4.78, 5) is 0. The molecule has 0 amide bonds. The Bertz CT molecular complexity index is 642. The van der Waals surface area contributed by atoms with Gasteiger partial charge in [-0.2, -0.15) is 0 Å². The zero-order valence-corrected chi connectivity index (χ0v) is 17.1. The van der Waals surface area contributed by atoms with E-state index in [-0.39, 0.29) is 5.92 Å². The molecule has 1 aromatic rings. The summed E-state index contributed by atoms with van der Waals surface area (Å²) in [5.74, 6) is 1.75. The van der Waals surface area contributed by atoms with E-state index < -0.39 is 0 Å². The van der Waals surface area contributed by atoms with E-state index in [0.29, 0.717) is 18.3 Å². The number of aryl methyl sites for hydroxylation is 1. The molecule has 0 radical (unpaired) electrons.